The van der Waals surface area contributed by atoms with E-state index >= 15 is 0 Å². The third-order valence-electron chi connectivity index (χ3n) is 5.02. The van der Waals surface area contributed by atoms with Crippen molar-refractivity contribution in [2.75, 3.05) is 6.54 Å². The lowest BCUT2D eigenvalue weighted by molar-refractivity contribution is 0.0939. The van der Waals surface area contributed by atoms with Gasteiger partial charge in [-0.2, -0.15) is 4.31 Å². The molecular formula is C20H25N3O3S. The van der Waals surface area contributed by atoms with E-state index in [1.807, 2.05) is 26.0 Å². The van der Waals surface area contributed by atoms with Gasteiger partial charge in [-0.1, -0.05) is 6.42 Å². The van der Waals surface area contributed by atoms with Crippen molar-refractivity contribution < 1.29 is 13.2 Å². The minimum Gasteiger partial charge on any atom is -0.346 e. The summed E-state index contributed by atoms with van der Waals surface area (Å²) in [4.78, 5) is 16.7. The number of benzene rings is 1. The molecule has 1 N–H and O–H groups in total. The molecule has 0 radical (unpaired) electrons. The second-order valence-electron chi connectivity index (χ2n) is 6.96. The second kappa shape index (κ2) is 8.19. The van der Waals surface area contributed by atoms with Gasteiger partial charge in [-0.15, -0.1) is 0 Å². The van der Waals surface area contributed by atoms with Gasteiger partial charge in [0.1, 0.15) is 0 Å². The number of carbonyl (C=O) groups is 1. The molecular weight excluding hydrogens is 362 g/mol. The summed E-state index contributed by atoms with van der Waals surface area (Å²) in [6.07, 6.45) is 6.18. The molecule has 1 amide bonds. The normalized spacial score (nSPS) is 19.4. The lowest BCUT2D eigenvalue weighted by Gasteiger charge is -2.32. The number of piperidine rings is 1. The van der Waals surface area contributed by atoms with Crippen molar-refractivity contribution in [3.63, 3.8) is 0 Å². The average molecular weight is 388 g/mol. The highest BCUT2D eigenvalue weighted by atomic mass is 32.2. The summed E-state index contributed by atoms with van der Waals surface area (Å²) in [5.74, 6) is -0.241. The quantitative estimate of drug-likeness (QED) is 0.855. The highest BCUT2D eigenvalue weighted by Gasteiger charge is 2.30. The molecule has 1 fully saturated rings. The van der Waals surface area contributed by atoms with Crippen molar-refractivity contribution in [3.8, 4) is 0 Å². The molecule has 6 nitrogen and oxygen atoms in total. The largest absolute Gasteiger partial charge is 0.346 e. The summed E-state index contributed by atoms with van der Waals surface area (Å²) in [7, 11) is -3.53. The first-order chi connectivity index (χ1) is 12.9. The van der Waals surface area contributed by atoms with Crippen molar-refractivity contribution >= 4 is 15.9 Å². The number of amides is 1. The number of hydrogen-bond donors (Lipinski definition) is 1. The summed E-state index contributed by atoms with van der Waals surface area (Å²) in [5.41, 5.74) is 1.39. The Balaban J connectivity index is 1.72. The van der Waals surface area contributed by atoms with Crippen LogP contribution in [0.2, 0.25) is 0 Å². The van der Waals surface area contributed by atoms with Crippen molar-refractivity contribution in [1.82, 2.24) is 14.6 Å². The van der Waals surface area contributed by atoms with Crippen molar-refractivity contribution in [1.29, 1.82) is 0 Å². The van der Waals surface area contributed by atoms with Crippen molar-refractivity contribution in [2.24, 2.45) is 0 Å². The Morgan fingerprint density at radius 2 is 1.81 bits per heavy atom. The summed E-state index contributed by atoms with van der Waals surface area (Å²) in [6.45, 7) is 4.39. The third kappa shape index (κ3) is 4.36. The Bertz CT molecular complexity index is 882. The molecule has 144 valence electrons. The van der Waals surface area contributed by atoms with E-state index in [0.717, 1.165) is 24.8 Å². The number of sulfonamides is 1. The van der Waals surface area contributed by atoms with Gasteiger partial charge in [-0.3, -0.25) is 9.78 Å². The number of nitrogens with zero attached hydrogens (tertiary/aromatic N) is 2. The van der Waals surface area contributed by atoms with Crippen molar-refractivity contribution in [3.05, 3.63) is 59.9 Å². The maximum atomic E-state index is 12.9. The lowest BCUT2D eigenvalue weighted by atomic mass is 10.1. The van der Waals surface area contributed by atoms with Crippen LogP contribution in [-0.2, 0) is 10.0 Å². The van der Waals surface area contributed by atoms with E-state index in [1.54, 1.807) is 28.8 Å². The van der Waals surface area contributed by atoms with Crippen molar-refractivity contribution in [2.45, 2.75) is 50.1 Å². The zero-order valence-corrected chi connectivity index (χ0v) is 16.4. The molecule has 2 aromatic rings. The molecule has 0 saturated carbocycles. The third-order valence-corrected chi connectivity index (χ3v) is 7.05. The molecule has 1 aliphatic rings. The maximum Gasteiger partial charge on any atom is 0.251 e. The monoisotopic (exact) mass is 387 g/mol. The number of carbonyl (C=O) groups excluding carboxylic acids is 1. The molecule has 2 heterocycles. The molecule has 2 atom stereocenters. The average Bonchev–Trinajstić information content (AvgIpc) is 2.69. The van der Waals surface area contributed by atoms with Crippen LogP contribution in [-0.4, -0.2) is 36.2 Å². The SMILES string of the molecule is C[C@H](NC(=O)c1ccc(S(=O)(=O)N2CCCC[C@@H]2C)cc1)c1ccncc1. The van der Waals surface area contributed by atoms with Crippen LogP contribution in [0.15, 0.2) is 53.7 Å². The van der Waals surface area contributed by atoms with Crippen LogP contribution in [0.4, 0.5) is 0 Å². The Morgan fingerprint density at radius 1 is 1.15 bits per heavy atom. The zero-order chi connectivity index (χ0) is 19.4. The standard InChI is InChI=1S/C20H25N3O3S/c1-15-5-3-4-14-23(15)27(25,26)19-8-6-18(7-9-19)20(24)22-16(2)17-10-12-21-13-11-17/h6-13,15-16H,3-5,14H2,1-2H3,(H,22,24)/t15-,16-/m0/s1. The second-order valence-corrected chi connectivity index (χ2v) is 8.85. The number of pyridine rings is 1. The molecule has 1 aliphatic heterocycles. The Kier molecular flexibility index (Phi) is 5.92. The highest BCUT2D eigenvalue weighted by molar-refractivity contribution is 7.89. The van der Waals surface area contributed by atoms with Gasteiger partial charge in [0.05, 0.1) is 10.9 Å². The van der Waals surface area contributed by atoms with Crippen LogP contribution >= 0.6 is 0 Å². The molecule has 0 aliphatic carbocycles. The number of nitrogens with one attached hydrogen (secondary N) is 1. The number of hydrogen-bond acceptors (Lipinski definition) is 4. The smallest absolute Gasteiger partial charge is 0.251 e. The van der Waals surface area contributed by atoms with Crippen LogP contribution in [0, 0.1) is 0 Å². The molecule has 1 aromatic heterocycles. The first-order valence-corrected chi connectivity index (χ1v) is 10.7. The van der Waals surface area contributed by atoms with E-state index in [-0.39, 0.29) is 22.9 Å². The topological polar surface area (TPSA) is 79.4 Å². The van der Waals surface area contributed by atoms with Gasteiger partial charge < -0.3 is 5.32 Å². The van der Waals surface area contributed by atoms with Gasteiger partial charge >= 0.3 is 0 Å². The molecule has 7 heteroatoms. The molecule has 0 bridgehead atoms. The molecule has 0 unspecified atom stereocenters. The maximum absolute atomic E-state index is 12.9. The van der Waals surface area contributed by atoms with E-state index in [1.165, 1.54) is 12.1 Å². The number of rotatable bonds is 5. The molecule has 27 heavy (non-hydrogen) atoms. The fraction of sp³-hybridized carbons (Fsp3) is 0.400. The lowest BCUT2D eigenvalue weighted by Crippen LogP contribution is -2.41. The first-order valence-electron chi connectivity index (χ1n) is 9.22. The highest BCUT2D eigenvalue weighted by Crippen LogP contribution is 2.25. The fourth-order valence-electron chi connectivity index (χ4n) is 3.36. The van der Waals surface area contributed by atoms with Crippen LogP contribution in [0.5, 0.6) is 0 Å². The van der Waals surface area contributed by atoms with E-state index in [2.05, 4.69) is 10.3 Å². The molecule has 3 rings (SSSR count). The van der Waals surface area contributed by atoms with Gasteiger partial charge in [-0.05, 0) is 68.7 Å². The Morgan fingerprint density at radius 3 is 2.44 bits per heavy atom. The molecule has 1 saturated heterocycles. The van der Waals surface area contributed by atoms with E-state index in [0.29, 0.717) is 12.1 Å². The summed E-state index contributed by atoms with van der Waals surface area (Å²) in [5, 5.41) is 2.91. The minimum absolute atomic E-state index is 0.00735. The fourth-order valence-corrected chi connectivity index (χ4v) is 5.06. The van der Waals surface area contributed by atoms with Gasteiger partial charge in [0.15, 0.2) is 0 Å². The van der Waals surface area contributed by atoms with Gasteiger partial charge in [0.2, 0.25) is 10.0 Å². The van der Waals surface area contributed by atoms with E-state index < -0.39 is 10.0 Å². The van der Waals surface area contributed by atoms with E-state index in [4.69, 9.17) is 0 Å². The minimum atomic E-state index is -3.53. The summed E-state index contributed by atoms with van der Waals surface area (Å²) in [6, 6.07) is 9.70. The van der Waals surface area contributed by atoms with Crippen LogP contribution < -0.4 is 5.32 Å². The number of aromatic nitrogens is 1. The predicted octanol–water partition coefficient (Wildman–Crippen LogP) is 3.14. The molecule has 0 spiro atoms. The van der Waals surface area contributed by atoms with Crippen LogP contribution in [0.25, 0.3) is 0 Å². The first kappa shape index (κ1) is 19.5. The Labute approximate surface area is 160 Å². The van der Waals surface area contributed by atoms with Gasteiger partial charge in [0.25, 0.3) is 5.91 Å². The predicted molar refractivity (Wildman–Crippen MR) is 104 cm³/mol. The summed E-state index contributed by atoms with van der Waals surface area (Å²) >= 11 is 0. The van der Waals surface area contributed by atoms with Crippen LogP contribution in [0.1, 0.15) is 55.1 Å². The van der Waals surface area contributed by atoms with Gasteiger partial charge in [0, 0.05) is 30.5 Å². The molecule has 1 aromatic carbocycles. The summed E-state index contributed by atoms with van der Waals surface area (Å²) < 4.78 is 27.3. The Hall–Kier alpha value is -2.25. The zero-order valence-electron chi connectivity index (χ0n) is 15.6. The van der Waals surface area contributed by atoms with Crippen LogP contribution in [0.3, 0.4) is 0 Å². The van der Waals surface area contributed by atoms with E-state index in [9.17, 15) is 13.2 Å². The van der Waals surface area contributed by atoms with Gasteiger partial charge in [-0.25, -0.2) is 8.42 Å².